The van der Waals surface area contributed by atoms with Gasteiger partial charge in [-0.3, -0.25) is 9.59 Å². The number of hydrogen-bond donors (Lipinski definition) is 0. The van der Waals surface area contributed by atoms with E-state index in [1.807, 2.05) is 4.90 Å². The summed E-state index contributed by atoms with van der Waals surface area (Å²) in [6.45, 7) is 5.34. The molecule has 5 heteroatoms. The van der Waals surface area contributed by atoms with Crippen molar-refractivity contribution in [2.45, 2.75) is 38.5 Å². The highest BCUT2D eigenvalue weighted by Gasteiger charge is 2.41. The van der Waals surface area contributed by atoms with E-state index >= 15 is 0 Å². The summed E-state index contributed by atoms with van der Waals surface area (Å²) in [6, 6.07) is 0. The zero-order valence-corrected chi connectivity index (χ0v) is 13.6. The van der Waals surface area contributed by atoms with E-state index in [4.69, 9.17) is 0 Å². The molecule has 2 atom stereocenters. The van der Waals surface area contributed by atoms with Crippen molar-refractivity contribution >= 4 is 11.9 Å². The Morgan fingerprint density at radius 1 is 1.00 bits per heavy atom. The minimum absolute atomic E-state index is 0.113. The summed E-state index contributed by atoms with van der Waals surface area (Å²) in [5, 5.41) is 0. The number of nitrogens with zero attached hydrogens (tertiary/aromatic N) is 2. The Kier molecular flexibility index (Phi) is 5.01. The fourth-order valence-electron chi connectivity index (χ4n) is 4.47. The van der Waals surface area contributed by atoms with Crippen molar-refractivity contribution in [3.63, 3.8) is 0 Å². The van der Waals surface area contributed by atoms with Crippen LogP contribution in [0.2, 0.25) is 0 Å². The van der Waals surface area contributed by atoms with Crippen LogP contribution in [0.3, 0.4) is 0 Å². The molecule has 1 saturated carbocycles. The lowest BCUT2D eigenvalue weighted by Gasteiger charge is -2.23. The van der Waals surface area contributed by atoms with Crippen molar-refractivity contribution in [3.05, 3.63) is 0 Å². The first-order valence-corrected chi connectivity index (χ1v) is 8.72. The SMILES string of the molecule is COC(=O)CCC(=O)N1CC2CN(CC3CCCC3)CC2C1. The van der Waals surface area contributed by atoms with Crippen molar-refractivity contribution in [1.29, 1.82) is 0 Å². The maximum atomic E-state index is 12.2. The maximum Gasteiger partial charge on any atom is 0.306 e. The van der Waals surface area contributed by atoms with E-state index in [-0.39, 0.29) is 24.7 Å². The number of rotatable bonds is 5. The van der Waals surface area contributed by atoms with Gasteiger partial charge >= 0.3 is 5.97 Å². The highest BCUT2D eigenvalue weighted by molar-refractivity contribution is 5.81. The molecule has 0 aromatic rings. The zero-order valence-electron chi connectivity index (χ0n) is 13.6. The number of hydrogen-bond acceptors (Lipinski definition) is 4. The molecule has 0 spiro atoms. The normalized spacial score (nSPS) is 29.0. The zero-order chi connectivity index (χ0) is 15.5. The van der Waals surface area contributed by atoms with Crippen molar-refractivity contribution in [1.82, 2.24) is 9.80 Å². The monoisotopic (exact) mass is 308 g/mol. The minimum atomic E-state index is -0.296. The van der Waals surface area contributed by atoms with Crippen LogP contribution in [0.15, 0.2) is 0 Å². The number of likely N-dealkylation sites (tertiary alicyclic amines) is 2. The molecule has 2 saturated heterocycles. The van der Waals surface area contributed by atoms with Crippen LogP contribution in [0.4, 0.5) is 0 Å². The second-order valence-electron chi connectivity index (χ2n) is 7.26. The van der Waals surface area contributed by atoms with E-state index in [0.29, 0.717) is 11.8 Å². The Balaban J connectivity index is 1.41. The Morgan fingerprint density at radius 2 is 1.64 bits per heavy atom. The van der Waals surface area contributed by atoms with Crippen LogP contribution in [-0.4, -0.2) is 61.5 Å². The van der Waals surface area contributed by atoms with E-state index in [0.717, 1.165) is 32.1 Å². The molecular formula is C17H28N2O3. The van der Waals surface area contributed by atoms with Crippen LogP contribution in [-0.2, 0) is 14.3 Å². The van der Waals surface area contributed by atoms with Crippen LogP contribution in [0.25, 0.3) is 0 Å². The predicted octanol–water partition coefficient (Wildman–Crippen LogP) is 1.52. The Morgan fingerprint density at radius 3 is 2.23 bits per heavy atom. The predicted molar refractivity (Wildman–Crippen MR) is 83.2 cm³/mol. The summed E-state index contributed by atoms with van der Waals surface area (Å²) in [7, 11) is 1.37. The molecule has 0 aromatic carbocycles. The highest BCUT2D eigenvalue weighted by Crippen LogP contribution is 2.34. The van der Waals surface area contributed by atoms with Crippen molar-refractivity contribution in [3.8, 4) is 0 Å². The van der Waals surface area contributed by atoms with Gasteiger partial charge in [-0.05, 0) is 30.6 Å². The summed E-state index contributed by atoms with van der Waals surface area (Å²) in [4.78, 5) is 27.9. The smallest absolute Gasteiger partial charge is 0.306 e. The molecule has 1 amide bonds. The number of ether oxygens (including phenoxy) is 1. The Hall–Kier alpha value is -1.10. The van der Waals surface area contributed by atoms with Gasteiger partial charge in [-0.15, -0.1) is 0 Å². The van der Waals surface area contributed by atoms with Gasteiger partial charge in [0.1, 0.15) is 0 Å². The van der Waals surface area contributed by atoms with Crippen LogP contribution >= 0.6 is 0 Å². The van der Waals surface area contributed by atoms with Crippen molar-refractivity contribution in [2.75, 3.05) is 39.8 Å². The molecule has 2 aliphatic heterocycles. The lowest BCUT2D eigenvalue weighted by Crippen LogP contribution is -2.34. The first-order chi connectivity index (χ1) is 10.7. The largest absolute Gasteiger partial charge is 0.469 e. The first kappa shape index (κ1) is 15.8. The molecule has 124 valence electrons. The van der Waals surface area contributed by atoms with Gasteiger partial charge < -0.3 is 14.5 Å². The third kappa shape index (κ3) is 3.62. The van der Waals surface area contributed by atoms with Gasteiger partial charge in [0.15, 0.2) is 0 Å². The molecule has 3 fully saturated rings. The molecule has 5 nitrogen and oxygen atoms in total. The second kappa shape index (κ2) is 6.99. The average molecular weight is 308 g/mol. The Labute approximate surface area is 133 Å². The number of esters is 1. The Bertz CT molecular complexity index is 406. The van der Waals surface area contributed by atoms with Crippen LogP contribution < -0.4 is 0 Å². The van der Waals surface area contributed by atoms with E-state index in [1.54, 1.807) is 0 Å². The third-order valence-electron chi connectivity index (χ3n) is 5.68. The van der Waals surface area contributed by atoms with Gasteiger partial charge in [0.2, 0.25) is 5.91 Å². The van der Waals surface area contributed by atoms with Crippen LogP contribution in [0, 0.1) is 17.8 Å². The summed E-state index contributed by atoms with van der Waals surface area (Å²) in [5.74, 6) is 2.01. The van der Waals surface area contributed by atoms with Crippen molar-refractivity contribution in [2.24, 2.45) is 17.8 Å². The number of fused-ring (bicyclic) bond motifs is 1. The molecule has 3 rings (SSSR count). The maximum absolute atomic E-state index is 12.2. The van der Waals surface area contributed by atoms with E-state index in [1.165, 1.54) is 39.3 Å². The molecule has 2 unspecified atom stereocenters. The molecule has 0 aromatic heterocycles. The average Bonchev–Trinajstić information content (AvgIpc) is 3.20. The van der Waals surface area contributed by atoms with Gasteiger partial charge in [0.25, 0.3) is 0 Å². The van der Waals surface area contributed by atoms with Crippen molar-refractivity contribution < 1.29 is 14.3 Å². The van der Waals surface area contributed by atoms with Crippen LogP contribution in [0.5, 0.6) is 0 Å². The summed E-state index contributed by atoms with van der Waals surface area (Å²) in [5.41, 5.74) is 0. The molecule has 2 heterocycles. The minimum Gasteiger partial charge on any atom is -0.469 e. The van der Waals surface area contributed by atoms with E-state index in [9.17, 15) is 9.59 Å². The van der Waals surface area contributed by atoms with E-state index in [2.05, 4.69) is 9.64 Å². The fourth-order valence-corrected chi connectivity index (χ4v) is 4.47. The molecule has 0 bridgehead atoms. The summed E-state index contributed by atoms with van der Waals surface area (Å²) < 4.78 is 4.60. The second-order valence-corrected chi connectivity index (χ2v) is 7.26. The molecule has 3 aliphatic rings. The van der Waals surface area contributed by atoms with Gasteiger partial charge in [-0.2, -0.15) is 0 Å². The lowest BCUT2D eigenvalue weighted by molar-refractivity contribution is -0.143. The standard InChI is InChI=1S/C17H28N2O3/c1-22-17(21)7-6-16(20)19-11-14-9-18(10-15(14)12-19)8-13-4-2-3-5-13/h13-15H,2-12H2,1H3. The van der Waals surface area contributed by atoms with Gasteiger partial charge in [0.05, 0.1) is 13.5 Å². The number of methoxy groups -OCH3 is 1. The molecule has 0 N–H and O–H groups in total. The molecule has 22 heavy (non-hydrogen) atoms. The van der Waals surface area contributed by atoms with Gasteiger partial charge in [-0.1, -0.05) is 12.8 Å². The highest BCUT2D eigenvalue weighted by atomic mass is 16.5. The quantitative estimate of drug-likeness (QED) is 0.723. The molecule has 0 radical (unpaired) electrons. The fraction of sp³-hybridized carbons (Fsp3) is 0.882. The van der Waals surface area contributed by atoms with E-state index < -0.39 is 0 Å². The number of carbonyl (C=O) groups excluding carboxylic acids is 2. The molecule has 1 aliphatic carbocycles. The third-order valence-corrected chi connectivity index (χ3v) is 5.68. The van der Waals surface area contributed by atoms with Gasteiger partial charge in [-0.25, -0.2) is 0 Å². The summed E-state index contributed by atoms with van der Waals surface area (Å²) >= 11 is 0. The van der Waals surface area contributed by atoms with Crippen LogP contribution in [0.1, 0.15) is 38.5 Å². The number of amides is 1. The molecular weight excluding hydrogens is 280 g/mol. The lowest BCUT2D eigenvalue weighted by atomic mass is 10.0. The summed E-state index contributed by atoms with van der Waals surface area (Å²) in [6.07, 6.45) is 6.13. The number of carbonyl (C=O) groups is 2. The van der Waals surface area contributed by atoms with Gasteiger partial charge in [0, 0.05) is 39.1 Å². The first-order valence-electron chi connectivity index (χ1n) is 8.72. The topological polar surface area (TPSA) is 49.9 Å².